The molecule has 0 bridgehead atoms. The summed E-state index contributed by atoms with van der Waals surface area (Å²) in [7, 11) is 1.70. The Morgan fingerprint density at radius 1 is 1.25 bits per heavy atom. The number of methoxy groups -OCH3 is 1. The van der Waals surface area contributed by atoms with E-state index in [0.29, 0.717) is 12.5 Å². The molecule has 1 fully saturated rings. The Bertz CT molecular complexity index is 808. The molecule has 3 aromatic heterocycles. The van der Waals surface area contributed by atoms with Crippen molar-refractivity contribution < 1.29 is 4.74 Å². The standard InChI is InChI=1S/C16H20N6OS/c1-23-11-7-13-17-16(24-20-13)21-9-5-12(6-10-21)15-19-18-14-4-2-3-8-22(14)15/h2-4,8,12H,5-7,9-11H2,1H3. The third-order valence-electron chi connectivity index (χ3n) is 4.46. The Morgan fingerprint density at radius 3 is 2.96 bits per heavy atom. The quantitative estimate of drug-likeness (QED) is 0.706. The van der Waals surface area contributed by atoms with Crippen LogP contribution in [0.5, 0.6) is 0 Å². The molecule has 0 radical (unpaired) electrons. The second-order valence-electron chi connectivity index (χ2n) is 5.98. The lowest BCUT2D eigenvalue weighted by Crippen LogP contribution is -2.33. The SMILES string of the molecule is COCCc1nsc(N2CCC(c3nnc4ccccn34)CC2)n1. The van der Waals surface area contributed by atoms with Gasteiger partial charge in [-0.15, -0.1) is 10.2 Å². The van der Waals surface area contributed by atoms with Gasteiger partial charge in [-0.05, 0) is 25.0 Å². The molecule has 0 unspecified atom stereocenters. The molecular formula is C16H20N6OS. The second kappa shape index (κ2) is 6.82. The lowest BCUT2D eigenvalue weighted by atomic mass is 9.96. The van der Waals surface area contributed by atoms with Crippen molar-refractivity contribution in [2.45, 2.75) is 25.2 Å². The highest BCUT2D eigenvalue weighted by Crippen LogP contribution is 2.30. The minimum absolute atomic E-state index is 0.444. The maximum absolute atomic E-state index is 5.09. The van der Waals surface area contributed by atoms with Gasteiger partial charge in [0.1, 0.15) is 11.6 Å². The normalized spacial score (nSPS) is 16.1. The van der Waals surface area contributed by atoms with Crippen LogP contribution in [0.15, 0.2) is 24.4 Å². The summed E-state index contributed by atoms with van der Waals surface area (Å²) in [6.45, 7) is 2.62. The van der Waals surface area contributed by atoms with E-state index in [1.165, 1.54) is 11.5 Å². The van der Waals surface area contributed by atoms with Crippen molar-refractivity contribution in [3.05, 3.63) is 36.0 Å². The second-order valence-corrected chi connectivity index (χ2v) is 6.71. The van der Waals surface area contributed by atoms with Crippen LogP contribution in [0.4, 0.5) is 5.13 Å². The Balaban J connectivity index is 1.42. The minimum atomic E-state index is 0.444. The van der Waals surface area contributed by atoms with Gasteiger partial charge in [-0.1, -0.05) is 6.07 Å². The first-order valence-electron chi connectivity index (χ1n) is 8.21. The molecule has 0 saturated carbocycles. The fraction of sp³-hybridized carbons (Fsp3) is 0.500. The smallest absolute Gasteiger partial charge is 0.205 e. The maximum atomic E-state index is 5.09. The zero-order chi connectivity index (χ0) is 16.4. The molecule has 7 nitrogen and oxygen atoms in total. The first-order chi connectivity index (χ1) is 11.8. The van der Waals surface area contributed by atoms with Crippen molar-refractivity contribution in [3.63, 3.8) is 0 Å². The molecule has 4 heterocycles. The van der Waals surface area contributed by atoms with Crippen LogP contribution in [-0.4, -0.2) is 50.8 Å². The van der Waals surface area contributed by atoms with Crippen molar-refractivity contribution in [3.8, 4) is 0 Å². The Morgan fingerprint density at radius 2 is 2.12 bits per heavy atom. The lowest BCUT2D eigenvalue weighted by molar-refractivity contribution is 0.201. The highest BCUT2D eigenvalue weighted by atomic mass is 32.1. The molecule has 0 amide bonds. The number of hydrogen-bond acceptors (Lipinski definition) is 7. The van der Waals surface area contributed by atoms with E-state index in [9.17, 15) is 0 Å². The fourth-order valence-corrected chi connectivity index (χ4v) is 3.90. The summed E-state index contributed by atoms with van der Waals surface area (Å²) < 4.78 is 11.6. The van der Waals surface area contributed by atoms with Gasteiger partial charge in [0.05, 0.1) is 6.61 Å². The number of nitrogens with zero attached hydrogens (tertiary/aromatic N) is 6. The number of anilines is 1. The van der Waals surface area contributed by atoms with Crippen LogP contribution in [0.2, 0.25) is 0 Å². The number of hydrogen-bond donors (Lipinski definition) is 0. The zero-order valence-electron chi connectivity index (χ0n) is 13.6. The van der Waals surface area contributed by atoms with Crippen molar-refractivity contribution in [2.24, 2.45) is 0 Å². The van der Waals surface area contributed by atoms with E-state index in [1.54, 1.807) is 7.11 Å². The zero-order valence-corrected chi connectivity index (χ0v) is 14.4. The number of rotatable bonds is 5. The average Bonchev–Trinajstić information content (AvgIpc) is 3.27. The molecule has 3 aromatic rings. The van der Waals surface area contributed by atoms with Crippen LogP contribution in [0.1, 0.15) is 30.4 Å². The number of pyridine rings is 1. The number of aromatic nitrogens is 5. The Hall–Kier alpha value is -2.06. The molecule has 0 aromatic carbocycles. The number of fused-ring (bicyclic) bond motifs is 1. The van der Waals surface area contributed by atoms with E-state index in [-0.39, 0.29) is 0 Å². The predicted molar refractivity (Wildman–Crippen MR) is 92.7 cm³/mol. The van der Waals surface area contributed by atoms with Gasteiger partial charge in [0.2, 0.25) is 5.13 Å². The van der Waals surface area contributed by atoms with E-state index < -0.39 is 0 Å². The van der Waals surface area contributed by atoms with E-state index in [0.717, 1.165) is 54.8 Å². The molecule has 0 atom stereocenters. The van der Waals surface area contributed by atoms with Crippen molar-refractivity contribution in [2.75, 3.05) is 31.7 Å². The van der Waals surface area contributed by atoms with Gasteiger partial charge in [-0.3, -0.25) is 4.40 Å². The predicted octanol–water partition coefficient (Wildman–Crippen LogP) is 2.15. The summed E-state index contributed by atoms with van der Waals surface area (Å²) >= 11 is 1.48. The fourth-order valence-electron chi connectivity index (χ4n) is 3.14. The molecule has 0 N–H and O–H groups in total. The van der Waals surface area contributed by atoms with Gasteiger partial charge >= 0.3 is 0 Å². The largest absolute Gasteiger partial charge is 0.384 e. The van der Waals surface area contributed by atoms with E-state index in [2.05, 4.69) is 28.9 Å². The van der Waals surface area contributed by atoms with Crippen LogP contribution in [0.25, 0.3) is 5.65 Å². The molecule has 1 saturated heterocycles. The molecule has 1 aliphatic heterocycles. The summed E-state index contributed by atoms with van der Waals surface area (Å²) in [5.41, 5.74) is 0.918. The molecule has 24 heavy (non-hydrogen) atoms. The lowest BCUT2D eigenvalue weighted by Gasteiger charge is -2.30. The van der Waals surface area contributed by atoms with Crippen LogP contribution in [0, 0.1) is 0 Å². The topological polar surface area (TPSA) is 68.4 Å². The molecule has 1 aliphatic rings. The monoisotopic (exact) mass is 344 g/mol. The highest BCUT2D eigenvalue weighted by Gasteiger charge is 2.26. The van der Waals surface area contributed by atoms with E-state index >= 15 is 0 Å². The third-order valence-corrected chi connectivity index (χ3v) is 5.27. The molecule has 0 spiro atoms. The summed E-state index contributed by atoms with van der Waals surface area (Å²) in [5, 5.41) is 9.70. The van der Waals surface area contributed by atoms with Crippen LogP contribution < -0.4 is 4.90 Å². The summed E-state index contributed by atoms with van der Waals surface area (Å²) in [6.07, 6.45) is 4.93. The number of piperidine rings is 1. The van der Waals surface area contributed by atoms with Crippen LogP contribution in [-0.2, 0) is 11.2 Å². The Kier molecular flexibility index (Phi) is 4.40. The summed E-state index contributed by atoms with van der Waals surface area (Å²) in [6, 6.07) is 6.01. The van der Waals surface area contributed by atoms with Gasteiger partial charge in [0, 0.05) is 50.3 Å². The molecule has 0 aliphatic carbocycles. The van der Waals surface area contributed by atoms with Crippen LogP contribution in [0.3, 0.4) is 0 Å². The maximum Gasteiger partial charge on any atom is 0.205 e. The highest BCUT2D eigenvalue weighted by molar-refractivity contribution is 7.09. The van der Waals surface area contributed by atoms with Crippen LogP contribution >= 0.6 is 11.5 Å². The average molecular weight is 344 g/mol. The third kappa shape index (κ3) is 2.99. The van der Waals surface area contributed by atoms with Gasteiger partial charge in [0.25, 0.3) is 0 Å². The summed E-state index contributed by atoms with van der Waals surface area (Å²) in [5.74, 6) is 2.39. The van der Waals surface area contributed by atoms with Crippen molar-refractivity contribution in [1.29, 1.82) is 0 Å². The molecular weight excluding hydrogens is 324 g/mol. The summed E-state index contributed by atoms with van der Waals surface area (Å²) in [4.78, 5) is 6.96. The molecule has 126 valence electrons. The van der Waals surface area contributed by atoms with Gasteiger partial charge in [-0.25, -0.2) is 4.98 Å². The minimum Gasteiger partial charge on any atom is -0.384 e. The number of ether oxygens (including phenoxy) is 1. The van der Waals surface area contributed by atoms with E-state index in [1.807, 2.05) is 24.4 Å². The van der Waals surface area contributed by atoms with Crippen molar-refractivity contribution in [1.82, 2.24) is 24.0 Å². The van der Waals surface area contributed by atoms with Crippen molar-refractivity contribution >= 4 is 22.3 Å². The first-order valence-corrected chi connectivity index (χ1v) is 8.98. The van der Waals surface area contributed by atoms with E-state index in [4.69, 9.17) is 4.74 Å². The molecule has 4 rings (SSSR count). The molecule has 8 heteroatoms. The Labute approximate surface area is 144 Å². The van der Waals surface area contributed by atoms with Gasteiger partial charge in [0.15, 0.2) is 5.65 Å². The van der Waals surface area contributed by atoms with Gasteiger partial charge < -0.3 is 9.64 Å². The van der Waals surface area contributed by atoms with Gasteiger partial charge in [-0.2, -0.15) is 4.37 Å². The first kappa shape index (κ1) is 15.5.